The largest absolute Gasteiger partial charge is 0.493 e. The van der Waals surface area contributed by atoms with Crippen LogP contribution in [0.15, 0.2) is 65.7 Å². The molecular weight excluding hydrogens is 381 g/mol. The molecule has 3 nitrogen and oxygen atoms in total. The summed E-state index contributed by atoms with van der Waals surface area (Å²) in [6.45, 7) is 2.34. The number of benzene rings is 3. The van der Waals surface area contributed by atoms with E-state index in [0.717, 1.165) is 16.8 Å². The van der Waals surface area contributed by atoms with Crippen molar-refractivity contribution in [2.24, 2.45) is 4.99 Å². The van der Waals surface area contributed by atoms with Crippen LogP contribution in [0.1, 0.15) is 16.7 Å². The lowest BCUT2D eigenvalue weighted by Gasteiger charge is -2.14. The van der Waals surface area contributed by atoms with E-state index < -0.39 is 0 Å². The molecule has 0 spiro atoms. The predicted molar refractivity (Wildman–Crippen MR) is 112 cm³/mol. The molecule has 0 atom stereocenters. The van der Waals surface area contributed by atoms with Crippen molar-refractivity contribution in [2.45, 2.75) is 13.5 Å². The van der Waals surface area contributed by atoms with E-state index in [9.17, 15) is 0 Å². The molecule has 0 amide bonds. The van der Waals surface area contributed by atoms with Gasteiger partial charge in [-0.1, -0.05) is 59.1 Å². The standard InChI is InChI=1S/C22H19Cl2NO2/c1-15-7-9-18(10-8-15)25-13-16-11-20(24)22(21(12-16)26-2)27-14-17-5-3-4-6-19(17)23/h3-13H,14H2,1-2H3. The fourth-order valence-corrected chi connectivity index (χ4v) is 2.96. The zero-order chi connectivity index (χ0) is 19.2. The van der Waals surface area contributed by atoms with E-state index in [1.165, 1.54) is 5.56 Å². The van der Waals surface area contributed by atoms with Crippen LogP contribution in [0.4, 0.5) is 5.69 Å². The Morgan fingerprint density at radius 2 is 1.70 bits per heavy atom. The van der Waals surface area contributed by atoms with Gasteiger partial charge in [0.2, 0.25) is 0 Å². The number of nitrogens with zero attached hydrogens (tertiary/aromatic N) is 1. The Balaban J connectivity index is 1.80. The second kappa shape index (κ2) is 8.94. The molecule has 0 saturated carbocycles. The number of ether oxygens (including phenoxy) is 2. The molecule has 3 aromatic carbocycles. The smallest absolute Gasteiger partial charge is 0.180 e. The first kappa shape index (κ1) is 19.3. The van der Waals surface area contributed by atoms with E-state index in [0.29, 0.717) is 28.2 Å². The first-order valence-corrected chi connectivity index (χ1v) is 9.17. The van der Waals surface area contributed by atoms with E-state index in [2.05, 4.69) is 4.99 Å². The zero-order valence-corrected chi connectivity index (χ0v) is 16.6. The van der Waals surface area contributed by atoms with E-state index in [-0.39, 0.29) is 0 Å². The maximum atomic E-state index is 6.42. The summed E-state index contributed by atoms with van der Waals surface area (Å²) in [6.07, 6.45) is 1.75. The summed E-state index contributed by atoms with van der Waals surface area (Å²) in [6, 6.07) is 19.1. The molecule has 0 bridgehead atoms. The Morgan fingerprint density at radius 1 is 0.963 bits per heavy atom. The molecule has 27 heavy (non-hydrogen) atoms. The van der Waals surface area contributed by atoms with Crippen LogP contribution >= 0.6 is 23.2 Å². The minimum atomic E-state index is 0.298. The van der Waals surface area contributed by atoms with Gasteiger partial charge in [-0.25, -0.2) is 0 Å². The predicted octanol–water partition coefficient (Wildman–Crippen LogP) is 6.64. The van der Waals surface area contributed by atoms with E-state index in [1.807, 2.05) is 61.5 Å². The Kier molecular flexibility index (Phi) is 6.38. The third-order valence-corrected chi connectivity index (χ3v) is 4.63. The molecule has 0 aliphatic carbocycles. The lowest BCUT2D eigenvalue weighted by molar-refractivity contribution is 0.285. The molecule has 0 aliphatic heterocycles. The van der Waals surface area contributed by atoms with Crippen LogP contribution in [0, 0.1) is 6.92 Å². The van der Waals surface area contributed by atoms with Gasteiger partial charge in [-0.3, -0.25) is 4.99 Å². The van der Waals surface area contributed by atoms with Crippen LogP contribution in [-0.2, 0) is 6.61 Å². The van der Waals surface area contributed by atoms with E-state index >= 15 is 0 Å². The number of hydrogen-bond acceptors (Lipinski definition) is 3. The zero-order valence-electron chi connectivity index (χ0n) is 15.1. The molecule has 0 aliphatic rings. The highest BCUT2D eigenvalue weighted by Gasteiger charge is 2.12. The number of aryl methyl sites for hydroxylation is 1. The van der Waals surface area contributed by atoms with Crippen molar-refractivity contribution >= 4 is 35.1 Å². The van der Waals surface area contributed by atoms with E-state index in [4.69, 9.17) is 32.7 Å². The van der Waals surface area contributed by atoms with Crippen molar-refractivity contribution in [3.63, 3.8) is 0 Å². The van der Waals surface area contributed by atoms with Gasteiger partial charge in [0.25, 0.3) is 0 Å². The number of rotatable bonds is 6. The number of aliphatic imine (C=N–C) groups is 1. The number of halogens is 2. The molecular formula is C22H19Cl2NO2. The van der Waals surface area contributed by atoms with E-state index in [1.54, 1.807) is 19.4 Å². The topological polar surface area (TPSA) is 30.8 Å². The molecule has 0 fully saturated rings. The van der Waals surface area contributed by atoms with Crippen molar-refractivity contribution in [3.8, 4) is 11.5 Å². The third-order valence-electron chi connectivity index (χ3n) is 3.98. The first-order valence-electron chi connectivity index (χ1n) is 8.41. The van der Waals surface area contributed by atoms with Gasteiger partial charge in [-0.15, -0.1) is 0 Å². The van der Waals surface area contributed by atoms with Gasteiger partial charge in [-0.05, 0) is 42.8 Å². The maximum Gasteiger partial charge on any atom is 0.180 e. The Labute approximate surface area is 169 Å². The SMILES string of the molecule is COc1cc(C=Nc2ccc(C)cc2)cc(Cl)c1OCc1ccccc1Cl. The van der Waals surface area contributed by atoms with Crippen LogP contribution in [0.2, 0.25) is 10.0 Å². The highest BCUT2D eigenvalue weighted by atomic mass is 35.5. The molecule has 0 heterocycles. The lowest BCUT2D eigenvalue weighted by Crippen LogP contribution is -2.00. The summed E-state index contributed by atoms with van der Waals surface area (Å²) in [5, 5.41) is 1.10. The van der Waals surface area contributed by atoms with Gasteiger partial charge in [0.05, 0.1) is 17.8 Å². The van der Waals surface area contributed by atoms with Crippen LogP contribution < -0.4 is 9.47 Å². The summed E-state index contributed by atoms with van der Waals surface area (Å²) in [5.41, 5.74) is 3.76. The highest BCUT2D eigenvalue weighted by Crippen LogP contribution is 2.37. The summed E-state index contributed by atoms with van der Waals surface area (Å²) < 4.78 is 11.3. The van der Waals surface area contributed by atoms with Crippen molar-refractivity contribution in [2.75, 3.05) is 7.11 Å². The molecule has 5 heteroatoms. The average Bonchev–Trinajstić information content (AvgIpc) is 2.67. The molecule has 0 unspecified atom stereocenters. The van der Waals surface area contributed by atoms with Gasteiger partial charge >= 0.3 is 0 Å². The molecule has 0 N–H and O–H groups in total. The Bertz CT molecular complexity index is 953. The van der Waals surface area contributed by atoms with Gasteiger partial charge in [0.1, 0.15) is 6.61 Å². The van der Waals surface area contributed by atoms with Crippen LogP contribution in [-0.4, -0.2) is 13.3 Å². The normalized spacial score (nSPS) is 11.0. The minimum absolute atomic E-state index is 0.298. The summed E-state index contributed by atoms with van der Waals surface area (Å²) in [5.74, 6) is 1.02. The van der Waals surface area contributed by atoms with Gasteiger partial charge < -0.3 is 9.47 Å². The quantitative estimate of drug-likeness (QED) is 0.434. The Morgan fingerprint density at radius 3 is 2.41 bits per heavy atom. The molecule has 3 aromatic rings. The monoisotopic (exact) mass is 399 g/mol. The van der Waals surface area contributed by atoms with Gasteiger partial charge in [0.15, 0.2) is 11.5 Å². The fraction of sp³-hybridized carbons (Fsp3) is 0.136. The summed E-state index contributed by atoms with van der Waals surface area (Å²) >= 11 is 12.6. The van der Waals surface area contributed by atoms with Gasteiger partial charge in [-0.2, -0.15) is 0 Å². The second-order valence-electron chi connectivity index (χ2n) is 6.01. The highest BCUT2D eigenvalue weighted by molar-refractivity contribution is 6.32. The van der Waals surface area contributed by atoms with Crippen molar-refractivity contribution in [1.82, 2.24) is 0 Å². The van der Waals surface area contributed by atoms with Crippen LogP contribution in [0.3, 0.4) is 0 Å². The number of methoxy groups -OCH3 is 1. The van der Waals surface area contributed by atoms with Crippen LogP contribution in [0.5, 0.6) is 11.5 Å². The summed E-state index contributed by atoms with van der Waals surface area (Å²) in [7, 11) is 1.58. The number of hydrogen-bond donors (Lipinski definition) is 0. The van der Waals surface area contributed by atoms with Crippen molar-refractivity contribution in [1.29, 1.82) is 0 Å². The maximum absolute atomic E-state index is 6.42. The average molecular weight is 400 g/mol. The fourth-order valence-electron chi connectivity index (χ4n) is 2.50. The van der Waals surface area contributed by atoms with Crippen molar-refractivity contribution < 1.29 is 9.47 Å². The lowest BCUT2D eigenvalue weighted by atomic mass is 10.2. The van der Waals surface area contributed by atoms with Gasteiger partial charge in [0, 0.05) is 16.8 Å². The Hall–Kier alpha value is -2.49. The summed E-state index contributed by atoms with van der Waals surface area (Å²) in [4.78, 5) is 4.47. The third kappa shape index (κ3) is 5.03. The minimum Gasteiger partial charge on any atom is -0.493 e. The molecule has 0 saturated heterocycles. The van der Waals surface area contributed by atoms with Crippen molar-refractivity contribution in [3.05, 3.63) is 87.4 Å². The second-order valence-corrected chi connectivity index (χ2v) is 6.82. The molecule has 0 aromatic heterocycles. The molecule has 3 rings (SSSR count). The molecule has 0 radical (unpaired) electrons. The first-order chi connectivity index (χ1) is 13.1. The van der Waals surface area contributed by atoms with Crippen LogP contribution in [0.25, 0.3) is 0 Å². The molecule has 138 valence electrons.